The van der Waals surface area contributed by atoms with E-state index in [9.17, 15) is 48.2 Å². The highest BCUT2D eigenvalue weighted by atomic mass is 31.2. The van der Waals surface area contributed by atoms with E-state index in [1.54, 1.807) is 0 Å². The van der Waals surface area contributed by atoms with Gasteiger partial charge in [-0.05, 0) is 36.2 Å². The summed E-state index contributed by atoms with van der Waals surface area (Å²) in [6.45, 7) is -1.57. The van der Waals surface area contributed by atoms with Gasteiger partial charge < -0.3 is 53.1 Å². The lowest BCUT2D eigenvalue weighted by Crippen LogP contribution is -2.45. The van der Waals surface area contributed by atoms with Crippen LogP contribution >= 0.6 is 15.2 Å². The number of cyclic esters (lactones) is 1. The van der Waals surface area contributed by atoms with Crippen LogP contribution in [0.3, 0.4) is 0 Å². The molecule has 5 N–H and O–H groups in total. The Morgan fingerprint density at radius 1 is 1.17 bits per heavy atom. The first-order valence-electron chi connectivity index (χ1n) is 13.1. The second-order valence-corrected chi connectivity index (χ2v) is 14.2. The van der Waals surface area contributed by atoms with Crippen LogP contribution in [0, 0.1) is 11.6 Å². The van der Waals surface area contributed by atoms with Crippen molar-refractivity contribution >= 4 is 44.6 Å². The molecule has 1 fully saturated rings. The Kier molecular flexibility index (Phi) is 10.2. The molecule has 2 aromatic rings. The van der Waals surface area contributed by atoms with Gasteiger partial charge in [0.1, 0.15) is 24.5 Å². The number of aliphatic hydroxyl groups is 1. The molecule has 0 spiro atoms. The van der Waals surface area contributed by atoms with E-state index in [2.05, 4.69) is 19.2 Å². The molecule has 18 nitrogen and oxygen atoms in total. The number of amides is 2. The molecule has 1 aromatic carbocycles. The highest BCUT2D eigenvalue weighted by molar-refractivity contribution is 7.72. The number of rotatable bonds is 11. The summed E-state index contributed by atoms with van der Waals surface area (Å²) in [4.78, 5) is 76.5. The number of anilines is 1. The molecule has 2 aliphatic rings. The third-order valence-electron chi connectivity index (χ3n) is 6.92. The van der Waals surface area contributed by atoms with Crippen molar-refractivity contribution in [2.75, 3.05) is 37.7 Å². The number of benzene rings is 1. The molecule has 1 aromatic heterocycles. The minimum atomic E-state index is -5.79. The monoisotopic (exact) mass is 697 g/mol. The molecule has 2 aliphatic heterocycles. The number of halogens is 2. The van der Waals surface area contributed by atoms with Crippen LogP contribution in [0.1, 0.15) is 18.9 Å². The molecule has 22 heteroatoms. The summed E-state index contributed by atoms with van der Waals surface area (Å²) in [7, 11) is -11.6. The van der Waals surface area contributed by atoms with Crippen molar-refractivity contribution in [2.24, 2.45) is 0 Å². The van der Waals surface area contributed by atoms with Crippen LogP contribution in [-0.4, -0.2) is 103 Å². The summed E-state index contributed by atoms with van der Waals surface area (Å²) in [6, 6.07) is 3.31. The highest BCUT2D eigenvalue weighted by Gasteiger charge is 2.61. The SMILES string of the molecule is CC(OC(=O)O[C@@H](CO)C(=O)N1CC=C(c2c(F)cc(N3C[C@H](COc4ccon4)OC3=O)cc2F)CC1)(P(=O)(O)O)P(=O)(O)O. The lowest BCUT2D eigenvalue weighted by Gasteiger charge is -2.31. The van der Waals surface area contributed by atoms with Gasteiger partial charge in [0.05, 0.1) is 18.8 Å². The zero-order chi connectivity index (χ0) is 34.0. The molecule has 0 aliphatic carbocycles. The topological polar surface area (TPSA) is 256 Å². The van der Waals surface area contributed by atoms with E-state index in [0.717, 1.165) is 21.9 Å². The average Bonchev–Trinajstić information content (AvgIpc) is 3.62. The third-order valence-corrected chi connectivity index (χ3v) is 10.8. The van der Waals surface area contributed by atoms with Crippen molar-refractivity contribution in [1.82, 2.24) is 10.1 Å². The Morgan fingerprint density at radius 3 is 2.35 bits per heavy atom. The Labute approximate surface area is 257 Å². The fourth-order valence-electron chi connectivity index (χ4n) is 4.35. The third kappa shape index (κ3) is 7.39. The van der Waals surface area contributed by atoms with E-state index in [4.69, 9.17) is 9.47 Å². The Hall–Kier alpha value is -3.90. The number of hydrogen-bond donors (Lipinski definition) is 5. The van der Waals surface area contributed by atoms with Gasteiger partial charge in [-0.25, -0.2) is 18.4 Å². The Balaban J connectivity index is 1.40. The summed E-state index contributed by atoms with van der Waals surface area (Å²) in [5.41, 5.74) is -0.403. The molecular weight excluding hydrogens is 670 g/mol. The summed E-state index contributed by atoms with van der Waals surface area (Å²) in [6.07, 6.45) is -3.29. The smallest absolute Gasteiger partial charge is 0.471 e. The molecule has 46 heavy (non-hydrogen) atoms. The number of carbonyl (C=O) groups is 3. The van der Waals surface area contributed by atoms with Crippen LogP contribution < -0.4 is 9.64 Å². The maximum absolute atomic E-state index is 15.2. The molecule has 0 saturated carbocycles. The molecule has 3 heterocycles. The second-order valence-electron chi connectivity index (χ2n) is 9.98. The van der Waals surface area contributed by atoms with Gasteiger partial charge in [0.15, 0.2) is 6.10 Å². The molecule has 1 saturated heterocycles. The van der Waals surface area contributed by atoms with Crippen LogP contribution in [0.15, 0.2) is 35.1 Å². The predicted octanol–water partition coefficient (Wildman–Crippen LogP) is 1.52. The summed E-state index contributed by atoms with van der Waals surface area (Å²) in [5.74, 6) is -2.94. The van der Waals surface area contributed by atoms with E-state index in [-0.39, 0.29) is 56.7 Å². The zero-order valence-corrected chi connectivity index (χ0v) is 25.4. The second kappa shape index (κ2) is 13.4. The van der Waals surface area contributed by atoms with Crippen molar-refractivity contribution in [3.8, 4) is 5.88 Å². The highest BCUT2D eigenvalue weighted by Crippen LogP contribution is 2.69. The summed E-state index contributed by atoms with van der Waals surface area (Å²) < 4.78 is 77.5. The van der Waals surface area contributed by atoms with E-state index < -0.39 is 74.4 Å². The van der Waals surface area contributed by atoms with Gasteiger partial charge in [-0.1, -0.05) is 6.08 Å². The number of ether oxygens (including phenoxy) is 4. The zero-order valence-electron chi connectivity index (χ0n) is 23.6. The van der Waals surface area contributed by atoms with Gasteiger partial charge in [0, 0.05) is 24.7 Å². The van der Waals surface area contributed by atoms with E-state index in [1.165, 1.54) is 18.4 Å². The van der Waals surface area contributed by atoms with Gasteiger partial charge in [-0.15, -0.1) is 0 Å². The normalized spacial score (nSPS) is 18.1. The first kappa shape index (κ1) is 35.0. The van der Waals surface area contributed by atoms with Crippen LogP contribution in [0.4, 0.5) is 24.1 Å². The maximum atomic E-state index is 15.2. The first-order chi connectivity index (χ1) is 21.4. The largest absolute Gasteiger partial charge is 0.511 e. The van der Waals surface area contributed by atoms with Crippen LogP contribution in [0.2, 0.25) is 0 Å². The quantitative estimate of drug-likeness (QED) is 0.165. The van der Waals surface area contributed by atoms with Gasteiger partial charge in [-0.2, -0.15) is 0 Å². The molecule has 4 rings (SSSR count). The number of carbonyl (C=O) groups excluding carboxylic acids is 3. The van der Waals surface area contributed by atoms with Crippen LogP contribution in [-0.2, 0) is 28.1 Å². The Bertz CT molecular complexity index is 1560. The van der Waals surface area contributed by atoms with E-state index in [1.807, 2.05) is 0 Å². The number of aromatic nitrogens is 1. The van der Waals surface area contributed by atoms with Crippen molar-refractivity contribution in [3.63, 3.8) is 0 Å². The lowest BCUT2D eigenvalue weighted by molar-refractivity contribution is -0.144. The van der Waals surface area contributed by atoms with Crippen LogP contribution in [0.25, 0.3) is 5.57 Å². The van der Waals surface area contributed by atoms with Crippen molar-refractivity contribution < 1.29 is 80.4 Å². The van der Waals surface area contributed by atoms with Gasteiger partial charge >= 0.3 is 32.5 Å². The minimum Gasteiger partial charge on any atom is -0.471 e. The standard InChI is InChI=1S/C24H27F2N3O15P2/c1-24(45(34,35)36,46(37,38)39)44-23(33)43-18(11-30)21(31)28-5-2-13(3-6-28)20-16(25)8-14(9-17(20)26)29-10-15(42-22(29)32)12-40-19-4-7-41-27-19/h2,4,7-9,15,18,30H,3,5-6,10-12H2,1H3,(H2,34,35,36)(H2,37,38,39)/t15-,18+/m1/s1. The van der Waals surface area contributed by atoms with E-state index in [0.29, 0.717) is 0 Å². The number of aliphatic hydroxyl groups excluding tert-OH is 1. The molecule has 0 radical (unpaired) electrons. The Morgan fingerprint density at radius 2 is 1.83 bits per heavy atom. The fourth-order valence-corrected chi connectivity index (χ4v) is 6.09. The molecule has 2 amide bonds. The van der Waals surface area contributed by atoms with Crippen LogP contribution in [0.5, 0.6) is 5.88 Å². The minimum absolute atomic E-state index is 0.0752. The van der Waals surface area contributed by atoms with Crippen molar-refractivity contribution in [3.05, 3.63) is 47.7 Å². The fraction of sp³-hybridized carbons (Fsp3) is 0.417. The number of nitrogens with zero attached hydrogens (tertiary/aromatic N) is 3. The van der Waals surface area contributed by atoms with Crippen molar-refractivity contribution in [1.29, 1.82) is 0 Å². The lowest BCUT2D eigenvalue weighted by atomic mass is 9.97. The van der Waals surface area contributed by atoms with E-state index >= 15 is 8.78 Å². The molecular formula is C24H27F2N3O15P2. The average molecular weight is 697 g/mol. The van der Waals surface area contributed by atoms with Gasteiger partial charge in [-0.3, -0.25) is 18.8 Å². The molecule has 2 atom stereocenters. The number of hydrogen-bond acceptors (Lipinski definition) is 12. The summed E-state index contributed by atoms with van der Waals surface area (Å²) >= 11 is 0. The van der Waals surface area contributed by atoms with Crippen molar-refractivity contribution in [2.45, 2.75) is 30.6 Å². The van der Waals surface area contributed by atoms with Gasteiger partial charge in [0.25, 0.3) is 11.8 Å². The molecule has 252 valence electrons. The predicted molar refractivity (Wildman–Crippen MR) is 146 cm³/mol. The summed E-state index contributed by atoms with van der Waals surface area (Å²) in [5, 5.41) is 9.48. The first-order valence-corrected chi connectivity index (χ1v) is 16.3. The molecule has 0 unspecified atom stereocenters. The molecule has 0 bridgehead atoms. The van der Waals surface area contributed by atoms with Gasteiger partial charge in [0.2, 0.25) is 6.10 Å². The maximum Gasteiger partial charge on any atom is 0.511 e.